The first-order chi connectivity index (χ1) is 14.6. The number of aliphatic imine (C=N–C) groups is 1. The second-order valence-electron chi connectivity index (χ2n) is 8.39. The number of amides is 1. The molecule has 0 saturated carbocycles. The van der Waals surface area contributed by atoms with Crippen LogP contribution in [0.4, 0.5) is 0 Å². The summed E-state index contributed by atoms with van der Waals surface area (Å²) in [5.74, 6) is 0.852. The lowest BCUT2D eigenvalue weighted by molar-refractivity contribution is -0.128. The zero-order chi connectivity index (χ0) is 21.2. The number of hydrogen-bond acceptors (Lipinski definition) is 4. The van der Waals surface area contributed by atoms with Gasteiger partial charge in [0.2, 0.25) is 5.91 Å². The van der Waals surface area contributed by atoms with Crippen molar-refractivity contribution in [3.8, 4) is 0 Å². The molecule has 3 rings (SSSR count). The number of rotatable bonds is 7. The van der Waals surface area contributed by atoms with Crippen LogP contribution in [0.15, 0.2) is 29.3 Å². The SMILES string of the molecule is CCNC(=NCc1ccc(CN2CCCN(C)CC2)cc1)NCC(=O)N1CCCC1. The molecule has 0 aliphatic carbocycles. The van der Waals surface area contributed by atoms with Gasteiger partial charge in [0.15, 0.2) is 5.96 Å². The maximum absolute atomic E-state index is 12.2. The number of guanidine groups is 1. The molecule has 166 valence electrons. The average molecular weight is 415 g/mol. The fourth-order valence-corrected chi connectivity index (χ4v) is 4.02. The minimum Gasteiger partial charge on any atom is -0.357 e. The van der Waals surface area contributed by atoms with E-state index >= 15 is 0 Å². The first-order valence-corrected chi connectivity index (χ1v) is 11.4. The third-order valence-electron chi connectivity index (χ3n) is 5.87. The smallest absolute Gasteiger partial charge is 0.241 e. The number of carbonyl (C=O) groups excluding carboxylic acids is 1. The minimum absolute atomic E-state index is 0.155. The lowest BCUT2D eigenvalue weighted by Crippen LogP contribution is -2.44. The fourth-order valence-electron chi connectivity index (χ4n) is 4.02. The first-order valence-electron chi connectivity index (χ1n) is 11.4. The van der Waals surface area contributed by atoms with Gasteiger partial charge in [-0.05, 0) is 57.5 Å². The highest BCUT2D eigenvalue weighted by Gasteiger charge is 2.17. The van der Waals surface area contributed by atoms with Crippen LogP contribution in [0.25, 0.3) is 0 Å². The van der Waals surface area contributed by atoms with E-state index in [0.29, 0.717) is 19.0 Å². The third-order valence-corrected chi connectivity index (χ3v) is 5.87. The minimum atomic E-state index is 0.155. The molecule has 0 atom stereocenters. The van der Waals surface area contributed by atoms with Crippen LogP contribution >= 0.6 is 0 Å². The zero-order valence-electron chi connectivity index (χ0n) is 18.7. The maximum Gasteiger partial charge on any atom is 0.241 e. The molecular formula is C23H38N6O. The van der Waals surface area contributed by atoms with Gasteiger partial charge in [0.05, 0.1) is 13.1 Å². The molecule has 0 aromatic heterocycles. The molecule has 7 nitrogen and oxygen atoms in total. The summed E-state index contributed by atoms with van der Waals surface area (Å²) in [7, 11) is 2.21. The predicted octanol–water partition coefficient (Wildman–Crippen LogP) is 1.50. The number of carbonyl (C=O) groups is 1. The first kappa shape index (κ1) is 22.6. The number of benzene rings is 1. The van der Waals surface area contributed by atoms with Crippen molar-refractivity contribution in [2.75, 3.05) is 59.4 Å². The number of likely N-dealkylation sites (tertiary alicyclic amines) is 1. The second-order valence-corrected chi connectivity index (χ2v) is 8.39. The van der Waals surface area contributed by atoms with Crippen molar-refractivity contribution >= 4 is 11.9 Å². The number of nitrogens with zero attached hydrogens (tertiary/aromatic N) is 4. The molecule has 2 heterocycles. The Kier molecular flexibility index (Phi) is 8.96. The van der Waals surface area contributed by atoms with Gasteiger partial charge in [-0.15, -0.1) is 0 Å². The van der Waals surface area contributed by atoms with E-state index in [0.717, 1.165) is 52.1 Å². The molecule has 2 aliphatic heterocycles. The van der Waals surface area contributed by atoms with Crippen LogP contribution in [0.3, 0.4) is 0 Å². The Balaban J connectivity index is 1.48. The summed E-state index contributed by atoms with van der Waals surface area (Å²) in [6.07, 6.45) is 3.47. The quantitative estimate of drug-likeness (QED) is 0.523. The summed E-state index contributed by atoms with van der Waals surface area (Å²) in [6, 6.07) is 8.77. The number of hydrogen-bond donors (Lipinski definition) is 2. The van der Waals surface area contributed by atoms with Crippen LogP contribution in [0.2, 0.25) is 0 Å². The van der Waals surface area contributed by atoms with Gasteiger partial charge in [-0.3, -0.25) is 9.69 Å². The third kappa shape index (κ3) is 7.29. The second kappa shape index (κ2) is 11.9. The van der Waals surface area contributed by atoms with Crippen molar-refractivity contribution in [1.29, 1.82) is 0 Å². The molecule has 0 spiro atoms. The van der Waals surface area contributed by atoms with E-state index in [4.69, 9.17) is 0 Å². The van der Waals surface area contributed by atoms with E-state index in [1.165, 1.54) is 30.6 Å². The standard InChI is InChI=1S/C23H38N6O/c1-3-24-23(26-18-22(30)29-13-4-5-14-29)25-17-20-7-9-21(10-8-20)19-28-12-6-11-27(2)15-16-28/h7-10H,3-6,11-19H2,1-2H3,(H2,24,25,26). The van der Waals surface area contributed by atoms with E-state index in [-0.39, 0.29) is 5.91 Å². The molecule has 0 bridgehead atoms. The normalized spacial score (nSPS) is 19.0. The number of likely N-dealkylation sites (N-methyl/N-ethyl adjacent to an activating group) is 1. The lowest BCUT2D eigenvalue weighted by atomic mass is 10.1. The molecule has 1 amide bonds. The summed E-state index contributed by atoms with van der Waals surface area (Å²) in [5.41, 5.74) is 2.53. The van der Waals surface area contributed by atoms with Gasteiger partial charge in [0.1, 0.15) is 0 Å². The van der Waals surface area contributed by atoms with Gasteiger partial charge in [-0.1, -0.05) is 24.3 Å². The van der Waals surface area contributed by atoms with Crippen LogP contribution in [0.5, 0.6) is 0 Å². The van der Waals surface area contributed by atoms with Crippen molar-refractivity contribution in [1.82, 2.24) is 25.3 Å². The van der Waals surface area contributed by atoms with Crippen LogP contribution in [-0.2, 0) is 17.9 Å². The maximum atomic E-state index is 12.2. The molecule has 1 aromatic rings. The average Bonchev–Trinajstić information content (AvgIpc) is 3.22. The topological polar surface area (TPSA) is 63.2 Å². The Morgan fingerprint density at radius 3 is 2.40 bits per heavy atom. The van der Waals surface area contributed by atoms with Crippen LogP contribution in [0, 0.1) is 0 Å². The van der Waals surface area contributed by atoms with E-state index < -0.39 is 0 Å². The molecule has 2 fully saturated rings. The summed E-state index contributed by atoms with van der Waals surface area (Å²) >= 11 is 0. The van der Waals surface area contributed by atoms with Crippen LogP contribution < -0.4 is 10.6 Å². The van der Waals surface area contributed by atoms with Gasteiger partial charge in [-0.2, -0.15) is 0 Å². The van der Waals surface area contributed by atoms with Gasteiger partial charge < -0.3 is 20.4 Å². The van der Waals surface area contributed by atoms with Gasteiger partial charge in [0, 0.05) is 39.3 Å². The Labute approximate surface area is 181 Å². The van der Waals surface area contributed by atoms with Gasteiger partial charge in [-0.25, -0.2) is 4.99 Å². The van der Waals surface area contributed by atoms with Gasteiger partial charge >= 0.3 is 0 Å². The summed E-state index contributed by atoms with van der Waals surface area (Å²) in [5, 5.41) is 6.41. The summed E-state index contributed by atoms with van der Waals surface area (Å²) in [6.45, 7) is 11.1. The van der Waals surface area contributed by atoms with Crippen molar-refractivity contribution in [3.63, 3.8) is 0 Å². The molecule has 1 aromatic carbocycles. The molecule has 7 heteroatoms. The monoisotopic (exact) mass is 414 g/mol. The Morgan fingerprint density at radius 1 is 0.933 bits per heavy atom. The lowest BCUT2D eigenvalue weighted by Gasteiger charge is -2.20. The zero-order valence-corrected chi connectivity index (χ0v) is 18.7. The molecule has 2 N–H and O–H groups in total. The highest BCUT2D eigenvalue weighted by Crippen LogP contribution is 2.11. The van der Waals surface area contributed by atoms with Crippen molar-refractivity contribution < 1.29 is 4.79 Å². The van der Waals surface area contributed by atoms with Crippen LogP contribution in [-0.4, -0.2) is 86.0 Å². The van der Waals surface area contributed by atoms with Crippen molar-refractivity contribution in [2.24, 2.45) is 4.99 Å². The molecule has 2 saturated heterocycles. The predicted molar refractivity (Wildman–Crippen MR) is 122 cm³/mol. The van der Waals surface area contributed by atoms with E-state index in [9.17, 15) is 4.79 Å². The summed E-state index contributed by atoms with van der Waals surface area (Å²) in [4.78, 5) is 23.8. The van der Waals surface area contributed by atoms with Crippen molar-refractivity contribution in [2.45, 2.75) is 39.3 Å². The molecule has 2 aliphatic rings. The highest BCUT2D eigenvalue weighted by atomic mass is 16.2. The summed E-state index contributed by atoms with van der Waals surface area (Å²) < 4.78 is 0. The molecule has 30 heavy (non-hydrogen) atoms. The Morgan fingerprint density at radius 2 is 1.67 bits per heavy atom. The Hall–Kier alpha value is -2.12. The van der Waals surface area contributed by atoms with E-state index in [1.807, 2.05) is 11.8 Å². The highest BCUT2D eigenvalue weighted by molar-refractivity contribution is 5.86. The van der Waals surface area contributed by atoms with E-state index in [2.05, 4.69) is 56.7 Å². The molecule has 0 radical (unpaired) electrons. The number of nitrogens with one attached hydrogen (secondary N) is 2. The van der Waals surface area contributed by atoms with Crippen LogP contribution in [0.1, 0.15) is 37.3 Å². The van der Waals surface area contributed by atoms with Gasteiger partial charge in [0.25, 0.3) is 0 Å². The fraction of sp³-hybridized carbons (Fsp3) is 0.652. The molecular weight excluding hydrogens is 376 g/mol. The largest absolute Gasteiger partial charge is 0.357 e. The van der Waals surface area contributed by atoms with E-state index in [1.54, 1.807) is 0 Å². The van der Waals surface area contributed by atoms with Crippen molar-refractivity contribution in [3.05, 3.63) is 35.4 Å². The molecule has 0 unspecified atom stereocenters. The Bertz CT molecular complexity index is 683.